The number of hydrogen-bond donors (Lipinski definition) is 0. The highest BCUT2D eigenvalue weighted by molar-refractivity contribution is 9.09. The fraction of sp³-hybridized carbons (Fsp3) is 0.444. The van der Waals surface area contributed by atoms with Crippen LogP contribution in [0.15, 0.2) is 10.9 Å². The summed E-state index contributed by atoms with van der Waals surface area (Å²) in [5.41, 5.74) is 0.112. The molecule has 0 unspecified atom stereocenters. The van der Waals surface area contributed by atoms with Crippen molar-refractivity contribution in [2.75, 3.05) is 5.33 Å². The Labute approximate surface area is 109 Å². The van der Waals surface area contributed by atoms with E-state index in [0.717, 1.165) is 34.1 Å². The topological polar surface area (TPSA) is 22.0 Å². The molecular weight excluding hydrogens is 318 g/mol. The lowest BCUT2D eigenvalue weighted by atomic mass is 10.3. The molecule has 82 valence electrons. The first-order valence-corrected chi connectivity index (χ1v) is 7.66. The van der Waals surface area contributed by atoms with E-state index in [0.29, 0.717) is 4.34 Å². The van der Waals surface area contributed by atoms with Crippen molar-refractivity contribution in [3.8, 4) is 0 Å². The van der Waals surface area contributed by atoms with E-state index in [-0.39, 0.29) is 5.56 Å². The van der Waals surface area contributed by atoms with Crippen LogP contribution in [0.3, 0.4) is 0 Å². The molecule has 0 fully saturated rings. The van der Waals surface area contributed by atoms with Crippen LogP contribution in [-0.4, -0.2) is 9.29 Å². The van der Waals surface area contributed by atoms with Gasteiger partial charge in [-0.25, -0.2) is 0 Å². The first kappa shape index (κ1) is 11.6. The van der Waals surface area contributed by atoms with Gasteiger partial charge in [-0.15, -0.1) is 11.3 Å². The van der Waals surface area contributed by atoms with Gasteiger partial charge in [0.2, 0.25) is 0 Å². The highest BCUT2D eigenvalue weighted by atomic mass is 79.9. The highest BCUT2D eigenvalue weighted by Gasteiger charge is 2.10. The van der Waals surface area contributed by atoms with Gasteiger partial charge in [-0.2, -0.15) is 0 Å². The van der Waals surface area contributed by atoms with Gasteiger partial charge in [-0.3, -0.25) is 8.75 Å². The number of unbranched alkanes of at least 4 members (excludes halogenated alkanes) is 1. The summed E-state index contributed by atoms with van der Waals surface area (Å²) < 4.78 is 4.32. The Hall–Kier alpha value is 0.160. The van der Waals surface area contributed by atoms with Gasteiger partial charge in [0.15, 0.2) is 0 Å². The predicted molar refractivity (Wildman–Crippen MR) is 72.0 cm³/mol. The SMILES string of the molecule is O=c1c2sc(Cl)cc2sn1CCCCBr. The van der Waals surface area contributed by atoms with Gasteiger partial charge < -0.3 is 0 Å². The molecule has 0 aromatic carbocycles. The molecule has 15 heavy (non-hydrogen) atoms. The van der Waals surface area contributed by atoms with Gasteiger partial charge in [0.1, 0.15) is 4.70 Å². The second kappa shape index (κ2) is 4.99. The van der Waals surface area contributed by atoms with Crippen LogP contribution < -0.4 is 5.56 Å². The minimum absolute atomic E-state index is 0.112. The average Bonchev–Trinajstić information content (AvgIpc) is 2.68. The number of nitrogens with zero attached hydrogens (tertiary/aromatic N) is 1. The van der Waals surface area contributed by atoms with Crippen molar-refractivity contribution in [1.82, 2.24) is 3.96 Å². The van der Waals surface area contributed by atoms with E-state index in [1.54, 1.807) is 0 Å². The summed E-state index contributed by atoms with van der Waals surface area (Å²) in [6.07, 6.45) is 2.13. The van der Waals surface area contributed by atoms with Crippen molar-refractivity contribution in [2.45, 2.75) is 19.4 Å². The standard InChI is InChI=1S/C9H9BrClNOS2/c10-3-1-2-4-12-9(13)8-6(15-12)5-7(11)14-8/h5H,1-4H2. The van der Waals surface area contributed by atoms with Crippen LogP contribution in [0.25, 0.3) is 9.40 Å². The van der Waals surface area contributed by atoms with Crippen molar-refractivity contribution in [1.29, 1.82) is 0 Å². The lowest BCUT2D eigenvalue weighted by Crippen LogP contribution is -2.12. The van der Waals surface area contributed by atoms with Gasteiger partial charge in [0.25, 0.3) is 5.56 Å². The van der Waals surface area contributed by atoms with E-state index in [2.05, 4.69) is 15.9 Å². The van der Waals surface area contributed by atoms with Crippen LogP contribution in [0, 0.1) is 0 Å². The summed E-state index contributed by atoms with van der Waals surface area (Å²) in [4.78, 5) is 11.8. The van der Waals surface area contributed by atoms with Crippen LogP contribution >= 0.6 is 50.4 Å². The Kier molecular flexibility index (Phi) is 3.88. The average molecular weight is 327 g/mol. The van der Waals surface area contributed by atoms with Gasteiger partial charge >= 0.3 is 0 Å². The normalized spacial score (nSPS) is 11.3. The zero-order chi connectivity index (χ0) is 10.8. The first-order valence-electron chi connectivity index (χ1n) is 4.57. The lowest BCUT2D eigenvalue weighted by molar-refractivity contribution is 0.665. The van der Waals surface area contributed by atoms with Gasteiger partial charge in [0.05, 0.1) is 9.04 Å². The second-order valence-electron chi connectivity index (χ2n) is 3.14. The minimum Gasteiger partial charge on any atom is -0.267 e. The summed E-state index contributed by atoms with van der Waals surface area (Å²) in [6.45, 7) is 0.814. The molecule has 0 saturated heterocycles. The zero-order valence-electron chi connectivity index (χ0n) is 7.83. The number of rotatable bonds is 4. The lowest BCUT2D eigenvalue weighted by Gasteiger charge is -1.97. The fourth-order valence-electron chi connectivity index (χ4n) is 1.33. The number of hydrogen-bond acceptors (Lipinski definition) is 3. The van der Waals surface area contributed by atoms with Gasteiger partial charge in [-0.1, -0.05) is 39.1 Å². The third-order valence-corrected chi connectivity index (χ3v) is 5.07. The van der Waals surface area contributed by atoms with Gasteiger partial charge in [-0.05, 0) is 18.9 Å². The van der Waals surface area contributed by atoms with Crippen molar-refractivity contribution in [3.05, 3.63) is 20.8 Å². The maximum atomic E-state index is 11.8. The number of alkyl halides is 1. The molecule has 0 N–H and O–H groups in total. The van der Waals surface area contributed by atoms with Gasteiger partial charge in [0, 0.05) is 11.9 Å². The molecule has 0 aliphatic carbocycles. The summed E-state index contributed by atoms with van der Waals surface area (Å²) in [5, 5.41) is 0.993. The third kappa shape index (κ3) is 2.46. The maximum absolute atomic E-state index is 11.8. The Morgan fingerprint density at radius 2 is 2.27 bits per heavy atom. The molecule has 6 heteroatoms. The highest BCUT2D eigenvalue weighted by Crippen LogP contribution is 2.30. The molecular formula is C9H9BrClNOS2. The number of aromatic nitrogens is 1. The van der Waals surface area contributed by atoms with E-state index in [1.807, 2.05) is 10.0 Å². The molecule has 2 aromatic rings. The third-order valence-electron chi connectivity index (χ3n) is 2.04. The van der Waals surface area contributed by atoms with Crippen molar-refractivity contribution >= 4 is 59.8 Å². The predicted octanol–water partition coefficient (Wildman–Crippen LogP) is 3.95. The molecule has 0 saturated carbocycles. The first-order chi connectivity index (χ1) is 7.22. The number of thiophene rings is 1. The van der Waals surface area contributed by atoms with Crippen LogP contribution in [0.1, 0.15) is 12.8 Å². The van der Waals surface area contributed by atoms with Crippen molar-refractivity contribution < 1.29 is 0 Å². The number of fused-ring (bicyclic) bond motifs is 1. The summed E-state index contributed by atoms with van der Waals surface area (Å²) in [6, 6.07) is 1.87. The second-order valence-corrected chi connectivity index (χ2v) is 6.68. The monoisotopic (exact) mass is 325 g/mol. The Morgan fingerprint density at radius 3 is 2.93 bits per heavy atom. The number of aryl methyl sites for hydroxylation is 1. The summed E-state index contributed by atoms with van der Waals surface area (Å²) in [7, 11) is 0. The molecule has 2 heterocycles. The molecule has 2 nitrogen and oxygen atoms in total. The summed E-state index contributed by atoms with van der Waals surface area (Å²) >= 11 is 12.1. The van der Waals surface area contributed by atoms with E-state index in [1.165, 1.54) is 22.9 Å². The molecule has 0 spiro atoms. The van der Waals surface area contributed by atoms with Crippen LogP contribution in [0.4, 0.5) is 0 Å². The maximum Gasteiger partial charge on any atom is 0.278 e. The van der Waals surface area contributed by atoms with E-state index in [4.69, 9.17) is 11.6 Å². The van der Waals surface area contributed by atoms with Crippen molar-refractivity contribution in [3.63, 3.8) is 0 Å². The fourth-order valence-corrected chi connectivity index (χ4v) is 4.21. The molecule has 0 aliphatic rings. The number of halogens is 2. The quantitative estimate of drug-likeness (QED) is 0.616. The van der Waals surface area contributed by atoms with Crippen molar-refractivity contribution in [2.24, 2.45) is 0 Å². The molecule has 0 amide bonds. The zero-order valence-corrected chi connectivity index (χ0v) is 11.8. The Balaban J connectivity index is 2.25. The van der Waals surface area contributed by atoms with Crippen LogP contribution in [-0.2, 0) is 6.54 Å². The molecule has 0 bridgehead atoms. The summed E-state index contributed by atoms with van der Waals surface area (Å²) in [5.74, 6) is 0. The van der Waals surface area contributed by atoms with Crippen LogP contribution in [0.2, 0.25) is 4.34 Å². The van der Waals surface area contributed by atoms with E-state index < -0.39 is 0 Å². The Bertz CT molecular complexity index is 516. The molecule has 2 aromatic heterocycles. The van der Waals surface area contributed by atoms with E-state index in [9.17, 15) is 4.79 Å². The largest absolute Gasteiger partial charge is 0.278 e. The van der Waals surface area contributed by atoms with E-state index >= 15 is 0 Å². The molecule has 0 aliphatic heterocycles. The smallest absolute Gasteiger partial charge is 0.267 e. The van der Waals surface area contributed by atoms with Crippen LogP contribution in [0.5, 0.6) is 0 Å². The molecule has 0 radical (unpaired) electrons. The minimum atomic E-state index is 0.112. The molecule has 0 atom stereocenters. The molecule has 2 rings (SSSR count). The Morgan fingerprint density at radius 1 is 1.47 bits per heavy atom.